The molecule has 1 amide bonds. The summed E-state index contributed by atoms with van der Waals surface area (Å²) in [5, 5.41) is 10.3. The van der Waals surface area contributed by atoms with Crippen molar-refractivity contribution >= 4 is 21.9 Å². The molecule has 0 radical (unpaired) electrons. The molecular weight excluding hydrogens is 531 g/mol. The largest absolute Gasteiger partial charge is 0.497 e. The Balaban J connectivity index is 0.000000638. The number of amides is 1. The van der Waals surface area contributed by atoms with E-state index in [1.165, 1.54) is 24.6 Å². The zero-order chi connectivity index (χ0) is 28.5. The Kier molecular flexibility index (Phi) is 10.9. The average molecular weight is 562 g/mol. The number of carbonyl (C=O) groups excluding carboxylic acids is 1. The van der Waals surface area contributed by atoms with E-state index in [0.29, 0.717) is 31.9 Å². The lowest BCUT2D eigenvalue weighted by molar-refractivity contribution is -0.192. The molecule has 1 saturated heterocycles. The number of aliphatic carboxylic acids is 1. The van der Waals surface area contributed by atoms with E-state index in [9.17, 15) is 26.4 Å². The van der Waals surface area contributed by atoms with Crippen molar-refractivity contribution in [2.24, 2.45) is 0 Å². The maximum atomic E-state index is 13.7. The third kappa shape index (κ3) is 8.60. The minimum atomic E-state index is -5.08. The number of ether oxygens (including phenoxy) is 2. The summed E-state index contributed by atoms with van der Waals surface area (Å²) in [7, 11) is -1.17. The number of halogens is 3. The van der Waals surface area contributed by atoms with Gasteiger partial charge in [0, 0.05) is 38.8 Å². The highest BCUT2D eigenvalue weighted by Gasteiger charge is 2.38. The van der Waals surface area contributed by atoms with Gasteiger partial charge in [-0.15, -0.1) is 0 Å². The lowest BCUT2D eigenvalue weighted by Crippen LogP contribution is -2.50. The molecule has 1 aliphatic rings. The van der Waals surface area contributed by atoms with Gasteiger partial charge in [0.2, 0.25) is 15.9 Å². The summed E-state index contributed by atoms with van der Waals surface area (Å²) >= 11 is 0. The van der Waals surface area contributed by atoms with Crippen LogP contribution in [0.5, 0.6) is 11.5 Å². The summed E-state index contributed by atoms with van der Waals surface area (Å²) in [4.78, 5) is 23.5. The van der Waals surface area contributed by atoms with Crippen LogP contribution in [0.4, 0.5) is 13.2 Å². The predicted octanol–water partition coefficient (Wildman–Crippen LogP) is 2.27. The first-order valence-electron chi connectivity index (χ1n) is 11.4. The third-order valence-corrected chi connectivity index (χ3v) is 7.27. The van der Waals surface area contributed by atoms with Crippen molar-refractivity contribution in [3.8, 4) is 11.5 Å². The Labute approximate surface area is 219 Å². The van der Waals surface area contributed by atoms with Crippen molar-refractivity contribution in [2.45, 2.75) is 24.5 Å². The minimum Gasteiger partial charge on any atom is -0.497 e. The summed E-state index contributed by atoms with van der Waals surface area (Å²) in [6.45, 7) is 4.26. The van der Waals surface area contributed by atoms with Gasteiger partial charge in [-0.3, -0.25) is 4.79 Å². The fourth-order valence-corrected chi connectivity index (χ4v) is 5.08. The van der Waals surface area contributed by atoms with Gasteiger partial charge in [0.1, 0.15) is 16.4 Å². The average Bonchev–Trinajstić information content (AvgIpc) is 2.88. The molecule has 2 N–H and O–H groups in total. The first-order chi connectivity index (χ1) is 17.8. The van der Waals surface area contributed by atoms with Crippen LogP contribution in [-0.4, -0.2) is 87.7 Å². The van der Waals surface area contributed by atoms with Crippen LogP contribution in [0.2, 0.25) is 0 Å². The molecule has 0 unspecified atom stereocenters. The maximum Gasteiger partial charge on any atom is 0.490 e. The van der Waals surface area contributed by atoms with Gasteiger partial charge < -0.3 is 24.8 Å². The molecule has 0 bridgehead atoms. The molecule has 0 aliphatic carbocycles. The van der Waals surface area contributed by atoms with Gasteiger partial charge in [0.25, 0.3) is 0 Å². The van der Waals surface area contributed by atoms with E-state index in [0.717, 1.165) is 11.1 Å². The highest BCUT2D eigenvalue weighted by Crippen LogP contribution is 2.31. The lowest BCUT2D eigenvalue weighted by atomic mass is 10.1. The normalized spacial score (nSPS) is 13.9. The first-order valence-corrected chi connectivity index (χ1v) is 12.8. The van der Waals surface area contributed by atoms with Crippen LogP contribution in [-0.2, 0) is 26.2 Å². The number of nitrogens with one attached hydrogen (secondary N) is 1. The molecule has 0 aromatic heterocycles. The van der Waals surface area contributed by atoms with E-state index in [4.69, 9.17) is 19.4 Å². The standard InChI is InChI=1S/C22H29N3O5S.C2HF3O2/c1-17-5-4-6-18(13-17)15-25(16-22(26)24-11-9-23-10-12-24)31(27,28)21-14-19(29-2)7-8-20(21)30-3;3-2(4,5)1(6)7/h4-8,13-14,23H,9-12,15-16H2,1-3H3;(H,6,7). The van der Waals surface area contributed by atoms with Gasteiger partial charge in [0.05, 0.1) is 20.8 Å². The van der Waals surface area contributed by atoms with Crippen molar-refractivity contribution in [1.82, 2.24) is 14.5 Å². The number of carboxylic acids is 1. The molecule has 1 fully saturated rings. The van der Waals surface area contributed by atoms with E-state index in [1.54, 1.807) is 17.0 Å². The van der Waals surface area contributed by atoms with Gasteiger partial charge in [-0.2, -0.15) is 17.5 Å². The van der Waals surface area contributed by atoms with Gasteiger partial charge in [0.15, 0.2) is 0 Å². The molecule has 2 aromatic carbocycles. The maximum absolute atomic E-state index is 13.7. The molecule has 0 atom stereocenters. The van der Waals surface area contributed by atoms with Gasteiger partial charge in [-0.1, -0.05) is 29.8 Å². The molecule has 38 heavy (non-hydrogen) atoms. The zero-order valence-corrected chi connectivity index (χ0v) is 21.9. The Bertz CT molecular complexity index is 1220. The molecule has 3 rings (SSSR count). The van der Waals surface area contributed by atoms with Crippen LogP contribution in [0.1, 0.15) is 11.1 Å². The topological polar surface area (TPSA) is 125 Å². The van der Waals surface area contributed by atoms with Gasteiger partial charge in [-0.25, -0.2) is 13.2 Å². The second-order valence-corrected chi connectivity index (χ2v) is 10.1. The number of hydrogen-bond donors (Lipinski definition) is 2. The highest BCUT2D eigenvalue weighted by molar-refractivity contribution is 7.89. The first kappa shape index (κ1) is 30.9. The number of rotatable bonds is 8. The smallest absolute Gasteiger partial charge is 0.490 e. The Hall–Kier alpha value is -3.36. The van der Waals surface area contributed by atoms with E-state index in [2.05, 4.69) is 5.32 Å². The summed E-state index contributed by atoms with van der Waals surface area (Å²) in [6.07, 6.45) is -5.08. The molecule has 14 heteroatoms. The van der Waals surface area contributed by atoms with Crippen LogP contribution in [0.3, 0.4) is 0 Å². The zero-order valence-electron chi connectivity index (χ0n) is 21.1. The number of nitrogens with zero attached hydrogens (tertiary/aromatic N) is 2. The van der Waals surface area contributed by atoms with Crippen LogP contribution in [0, 0.1) is 6.92 Å². The molecule has 10 nitrogen and oxygen atoms in total. The van der Waals surface area contributed by atoms with E-state index in [-0.39, 0.29) is 29.6 Å². The fourth-order valence-electron chi connectivity index (χ4n) is 3.53. The number of benzene rings is 2. The molecule has 0 spiro atoms. The fraction of sp³-hybridized carbons (Fsp3) is 0.417. The number of carboxylic acid groups (broad SMARTS) is 1. The predicted molar refractivity (Wildman–Crippen MR) is 131 cm³/mol. The Morgan fingerprint density at radius 2 is 1.71 bits per heavy atom. The second kappa shape index (κ2) is 13.4. The highest BCUT2D eigenvalue weighted by atomic mass is 32.2. The summed E-state index contributed by atoms with van der Waals surface area (Å²) in [5.74, 6) is -2.39. The van der Waals surface area contributed by atoms with Crippen molar-refractivity contribution < 1.29 is 45.8 Å². The number of piperazine rings is 1. The number of methoxy groups -OCH3 is 2. The molecule has 2 aromatic rings. The molecule has 0 saturated carbocycles. The summed E-state index contributed by atoms with van der Waals surface area (Å²) in [5.41, 5.74) is 1.82. The molecule has 1 aliphatic heterocycles. The molecule has 210 valence electrons. The van der Waals surface area contributed by atoms with Crippen molar-refractivity contribution in [3.63, 3.8) is 0 Å². The van der Waals surface area contributed by atoms with Gasteiger partial charge in [-0.05, 0) is 24.6 Å². The summed E-state index contributed by atoms with van der Waals surface area (Å²) in [6, 6.07) is 12.2. The van der Waals surface area contributed by atoms with Crippen LogP contribution >= 0.6 is 0 Å². The Morgan fingerprint density at radius 3 is 2.24 bits per heavy atom. The molecule has 1 heterocycles. The third-order valence-electron chi connectivity index (χ3n) is 5.45. The number of aryl methyl sites for hydroxylation is 1. The Morgan fingerprint density at radius 1 is 1.08 bits per heavy atom. The SMILES string of the molecule is COc1ccc(OC)c(S(=O)(=O)N(CC(=O)N2CCNCC2)Cc2cccc(C)c2)c1.O=C(O)C(F)(F)F. The number of alkyl halides is 3. The minimum absolute atomic E-state index is 0.0323. The van der Waals surface area contributed by atoms with E-state index < -0.39 is 22.2 Å². The van der Waals surface area contributed by atoms with Crippen LogP contribution < -0.4 is 14.8 Å². The number of sulfonamides is 1. The second-order valence-electron chi connectivity index (χ2n) is 8.21. The van der Waals surface area contributed by atoms with Crippen molar-refractivity contribution in [3.05, 3.63) is 53.6 Å². The van der Waals surface area contributed by atoms with Crippen LogP contribution in [0.15, 0.2) is 47.4 Å². The van der Waals surface area contributed by atoms with Crippen molar-refractivity contribution in [2.75, 3.05) is 46.9 Å². The van der Waals surface area contributed by atoms with Crippen LogP contribution in [0.25, 0.3) is 0 Å². The summed E-state index contributed by atoms with van der Waals surface area (Å²) < 4.78 is 70.9. The number of carbonyl (C=O) groups is 2. The lowest BCUT2D eigenvalue weighted by Gasteiger charge is -2.30. The molecular formula is C24H30F3N3O7S. The van der Waals surface area contributed by atoms with E-state index >= 15 is 0 Å². The number of hydrogen-bond acceptors (Lipinski definition) is 7. The van der Waals surface area contributed by atoms with Crippen molar-refractivity contribution in [1.29, 1.82) is 0 Å². The quantitative estimate of drug-likeness (QED) is 0.503. The van der Waals surface area contributed by atoms with Gasteiger partial charge >= 0.3 is 12.1 Å². The monoisotopic (exact) mass is 561 g/mol. The van der Waals surface area contributed by atoms with E-state index in [1.807, 2.05) is 31.2 Å².